The number of carbonyl (C=O) groups excluding carboxylic acids is 1. The van der Waals surface area contributed by atoms with Crippen LogP contribution < -0.4 is 14.4 Å². The molecule has 2 aliphatic heterocycles. The van der Waals surface area contributed by atoms with Crippen LogP contribution in [0.25, 0.3) is 0 Å². The van der Waals surface area contributed by atoms with Gasteiger partial charge in [0.25, 0.3) is 5.91 Å². The first-order valence-corrected chi connectivity index (χ1v) is 17.7. The van der Waals surface area contributed by atoms with Gasteiger partial charge in [0.15, 0.2) is 0 Å². The number of fused-ring (bicyclic) bond motifs is 4. The normalized spacial score (nSPS) is 32.3. The molecule has 0 aromatic heterocycles. The van der Waals surface area contributed by atoms with Crippen molar-refractivity contribution in [2.75, 3.05) is 38.3 Å². The summed E-state index contributed by atoms with van der Waals surface area (Å²) >= 11 is 6.40. The van der Waals surface area contributed by atoms with Crippen molar-refractivity contribution in [1.29, 1.82) is 0 Å². The molecule has 1 amide bonds. The molecule has 1 fully saturated rings. The minimum Gasteiger partial charge on any atom is -0.490 e. The van der Waals surface area contributed by atoms with E-state index in [1.807, 2.05) is 25.1 Å². The Kier molecular flexibility index (Phi) is 9.03. The average Bonchev–Trinajstić information content (AvgIpc) is 3.12. The zero-order valence-electron chi connectivity index (χ0n) is 25.5. The van der Waals surface area contributed by atoms with Crippen molar-refractivity contribution in [2.45, 2.75) is 68.6 Å². The van der Waals surface area contributed by atoms with E-state index < -0.39 is 27.3 Å². The van der Waals surface area contributed by atoms with Gasteiger partial charge >= 0.3 is 0 Å². The molecule has 10 heteroatoms. The highest BCUT2D eigenvalue weighted by atomic mass is 35.5. The van der Waals surface area contributed by atoms with Gasteiger partial charge in [-0.3, -0.25) is 4.79 Å². The summed E-state index contributed by atoms with van der Waals surface area (Å²) < 4.78 is 41.1. The Hall–Kier alpha value is -2.59. The van der Waals surface area contributed by atoms with E-state index in [-0.39, 0.29) is 41.8 Å². The number of methoxy groups -OCH3 is 1. The molecule has 2 bridgehead atoms. The number of hydrogen-bond acceptors (Lipinski definition) is 7. The lowest BCUT2D eigenvalue weighted by Gasteiger charge is -2.45. The van der Waals surface area contributed by atoms with Gasteiger partial charge in [0, 0.05) is 42.8 Å². The number of aliphatic hydroxyl groups is 1. The van der Waals surface area contributed by atoms with E-state index in [1.165, 1.54) is 18.2 Å². The Labute approximate surface area is 265 Å². The number of allylic oxidation sites excluding steroid dienone is 1. The second-order valence-electron chi connectivity index (χ2n) is 13.3. The van der Waals surface area contributed by atoms with Gasteiger partial charge in [-0.15, -0.1) is 0 Å². The van der Waals surface area contributed by atoms with Crippen LogP contribution in [-0.4, -0.2) is 64.2 Å². The smallest absolute Gasteiger partial charge is 0.264 e. The number of rotatable bonds is 3. The maximum absolute atomic E-state index is 13.5. The van der Waals surface area contributed by atoms with Gasteiger partial charge in [-0.1, -0.05) is 36.7 Å². The molecular formula is C34H43ClN2O6S. The number of hydrogen-bond donors (Lipinski definition) is 2. The SMILES string of the molecule is COCC[C@H]1C[C@@H](C)/C=C\[C@H](O)[C@@H]2CC[C@H]2CN2C[C@@]3(CCCc4cc(Cl)ccc43)COc3ccc(cc32)C(=O)NS1(=O)=O. The summed E-state index contributed by atoms with van der Waals surface area (Å²) in [6.45, 7) is 4.07. The monoisotopic (exact) mass is 642 g/mol. The fourth-order valence-corrected chi connectivity index (χ4v) is 9.37. The quantitative estimate of drug-likeness (QED) is 0.440. The van der Waals surface area contributed by atoms with Crippen molar-refractivity contribution in [2.24, 2.45) is 17.8 Å². The largest absolute Gasteiger partial charge is 0.490 e. The van der Waals surface area contributed by atoms with Crippen molar-refractivity contribution in [3.63, 3.8) is 0 Å². The summed E-state index contributed by atoms with van der Waals surface area (Å²) in [6, 6.07) is 11.4. The fourth-order valence-electron chi connectivity index (χ4n) is 7.67. The maximum atomic E-state index is 13.5. The van der Waals surface area contributed by atoms with Gasteiger partial charge in [0.2, 0.25) is 10.0 Å². The molecule has 2 aromatic rings. The second kappa shape index (κ2) is 12.7. The molecule has 2 N–H and O–H groups in total. The highest BCUT2D eigenvalue weighted by Crippen LogP contribution is 2.46. The number of ether oxygens (including phenoxy) is 2. The van der Waals surface area contributed by atoms with Gasteiger partial charge in [0.05, 0.1) is 23.6 Å². The Morgan fingerprint density at radius 2 is 2.02 bits per heavy atom. The fraction of sp³-hybridized carbons (Fsp3) is 0.559. The molecule has 6 atom stereocenters. The number of anilines is 1. The minimum absolute atomic E-state index is 0.104. The van der Waals surface area contributed by atoms with Crippen LogP contribution in [0.5, 0.6) is 5.75 Å². The number of aryl methyl sites for hydroxylation is 1. The number of benzene rings is 2. The number of halogens is 1. The third-order valence-corrected chi connectivity index (χ3v) is 12.3. The summed E-state index contributed by atoms with van der Waals surface area (Å²) in [6.07, 6.45) is 8.59. The van der Waals surface area contributed by atoms with Crippen molar-refractivity contribution < 1.29 is 27.8 Å². The standard InChI is InChI=1S/C34H43ClN2O6S/c1-22-5-11-31(38)28-9-6-25(28)19-37-20-34(14-3-4-23-17-26(35)8-10-29(23)34)21-43-32-12-7-24(18-30(32)37)33(39)36-44(40,41)27(16-22)13-15-42-2/h5,7-8,10-12,17-18,22,25,27-28,31,38H,3-4,6,9,13-16,19-21H2,1-2H3,(H,36,39)/b11-5-/t22-,25-,27-,28+,31-,34-/m0/s1. The summed E-state index contributed by atoms with van der Waals surface area (Å²) in [7, 11) is -2.48. The lowest BCUT2D eigenvalue weighted by molar-refractivity contribution is 0.0454. The summed E-state index contributed by atoms with van der Waals surface area (Å²) in [5.74, 6) is 0.275. The molecular weight excluding hydrogens is 600 g/mol. The second-order valence-corrected chi connectivity index (χ2v) is 15.7. The molecule has 238 valence electrons. The number of sulfonamides is 1. The number of carbonyl (C=O) groups is 1. The van der Waals surface area contributed by atoms with Crippen LogP contribution in [0.4, 0.5) is 5.69 Å². The molecule has 6 rings (SSSR count). The zero-order valence-corrected chi connectivity index (χ0v) is 27.1. The lowest BCUT2D eigenvalue weighted by atomic mass is 9.68. The van der Waals surface area contributed by atoms with Crippen molar-refractivity contribution in [1.82, 2.24) is 4.72 Å². The number of aliphatic hydroxyl groups excluding tert-OH is 1. The van der Waals surface area contributed by atoms with Crippen LogP contribution >= 0.6 is 11.6 Å². The van der Waals surface area contributed by atoms with E-state index >= 15 is 0 Å². The zero-order chi connectivity index (χ0) is 31.1. The Balaban J connectivity index is 1.41. The maximum Gasteiger partial charge on any atom is 0.264 e. The molecule has 0 saturated heterocycles. The number of nitrogens with zero attached hydrogens (tertiary/aromatic N) is 1. The molecule has 8 nitrogen and oxygen atoms in total. The van der Waals surface area contributed by atoms with Gasteiger partial charge in [-0.05, 0) is 104 Å². The van der Waals surface area contributed by atoms with Crippen LogP contribution in [0.3, 0.4) is 0 Å². The van der Waals surface area contributed by atoms with Gasteiger partial charge in [0.1, 0.15) is 5.75 Å². The topological polar surface area (TPSA) is 105 Å². The predicted octanol–water partition coefficient (Wildman–Crippen LogP) is 5.26. The third kappa shape index (κ3) is 6.26. The highest BCUT2D eigenvalue weighted by Gasteiger charge is 2.44. The van der Waals surface area contributed by atoms with Crippen LogP contribution in [0.15, 0.2) is 48.6 Å². The van der Waals surface area contributed by atoms with Gasteiger partial charge in [-0.25, -0.2) is 13.1 Å². The first-order chi connectivity index (χ1) is 21.1. The minimum atomic E-state index is -4.01. The van der Waals surface area contributed by atoms with Crippen LogP contribution in [-0.2, 0) is 26.6 Å². The van der Waals surface area contributed by atoms with Crippen molar-refractivity contribution in [3.8, 4) is 5.75 Å². The number of amides is 1. The molecule has 0 radical (unpaired) electrons. The average molecular weight is 643 g/mol. The molecule has 1 spiro atoms. The van der Waals surface area contributed by atoms with Crippen molar-refractivity contribution >= 4 is 33.2 Å². The Morgan fingerprint density at radius 3 is 2.80 bits per heavy atom. The summed E-state index contributed by atoms with van der Waals surface area (Å²) in [4.78, 5) is 15.8. The lowest BCUT2D eigenvalue weighted by Crippen LogP contribution is -2.49. The molecule has 4 aliphatic rings. The highest BCUT2D eigenvalue weighted by molar-refractivity contribution is 7.90. The predicted molar refractivity (Wildman–Crippen MR) is 172 cm³/mol. The van der Waals surface area contributed by atoms with E-state index in [1.54, 1.807) is 18.2 Å². The van der Waals surface area contributed by atoms with Crippen LogP contribution in [0.2, 0.25) is 5.02 Å². The summed E-state index contributed by atoms with van der Waals surface area (Å²) in [5, 5.41) is 11.2. The molecule has 1 saturated carbocycles. The van der Waals surface area contributed by atoms with E-state index in [9.17, 15) is 18.3 Å². The molecule has 44 heavy (non-hydrogen) atoms. The Morgan fingerprint density at radius 1 is 1.18 bits per heavy atom. The van der Waals surface area contributed by atoms with E-state index in [2.05, 4.69) is 21.8 Å². The van der Waals surface area contributed by atoms with E-state index in [0.29, 0.717) is 31.9 Å². The van der Waals surface area contributed by atoms with Crippen molar-refractivity contribution in [3.05, 3.63) is 70.3 Å². The third-order valence-electron chi connectivity index (χ3n) is 10.3. The molecule has 2 aromatic carbocycles. The molecule has 2 aliphatic carbocycles. The van der Waals surface area contributed by atoms with Crippen LogP contribution in [0, 0.1) is 17.8 Å². The first-order valence-electron chi connectivity index (χ1n) is 15.8. The van der Waals surface area contributed by atoms with Gasteiger partial charge < -0.3 is 19.5 Å². The number of nitrogens with one attached hydrogen (secondary N) is 1. The van der Waals surface area contributed by atoms with E-state index in [4.69, 9.17) is 21.1 Å². The Bertz CT molecular complexity index is 1530. The first kappa shape index (κ1) is 31.4. The van der Waals surface area contributed by atoms with Crippen LogP contribution in [0.1, 0.15) is 66.9 Å². The molecule has 2 heterocycles. The van der Waals surface area contributed by atoms with Gasteiger partial charge in [-0.2, -0.15) is 0 Å². The molecule has 0 unspecified atom stereocenters. The summed E-state index contributed by atoms with van der Waals surface area (Å²) in [5.41, 5.74) is 3.27. The van der Waals surface area contributed by atoms with E-state index in [0.717, 1.165) is 42.8 Å².